The maximum Gasteiger partial charge on any atom is 0.237 e. The van der Waals surface area contributed by atoms with Crippen LogP contribution in [0.1, 0.15) is 30.1 Å². The third-order valence-electron chi connectivity index (χ3n) is 4.73. The standard InChI is InChI=1S/C19H24N4O3/c1-26-16-6-4-14(5-7-16)11-18(25)22-9-2-3-15(12-22)19-21-8-10-23(19)13-17(20)24/h4-8,10,15H,2-3,9,11-13H2,1H3,(H2,20,24). The number of piperidine rings is 1. The average molecular weight is 356 g/mol. The lowest BCUT2D eigenvalue weighted by Gasteiger charge is -2.32. The highest BCUT2D eigenvalue weighted by molar-refractivity contribution is 5.79. The van der Waals surface area contributed by atoms with Gasteiger partial charge >= 0.3 is 0 Å². The molecule has 1 aliphatic rings. The van der Waals surface area contributed by atoms with Crippen LogP contribution in [-0.2, 0) is 22.6 Å². The summed E-state index contributed by atoms with van der Waals surface area (Å²) >= 11 is 0. The zero-order chi connectivity index (χ0) is 18.5. The van der Waals surface area contributed by atoms with Crippen LogP contribution in [0.5, 0.6) is 5.75 Å². The van der Waals surface area contributed by atoms with E-state index >= 15 is 0 Å². The number of aromatic nitrogens is 2. The minimum absolute atomic E-state index is 0.105. The van der Waals surface area contributed by atoms with Crippen LogP contribution in [0, 0.1) is 0 Å². The molecule has 1 aromatic carbocycles. The molecule has 2 amide bonds. The summed E-state index contributed by atoms with van der Waals surface area (Å²) in [6.07, 6.45) is 5.67. The Kier molecular flexibility index (Phi) is 5.55. The van der Waals surface area contributed by atoms with Crippen molar-refractivity contribution in [3.8, 4) is 5.75 Å². The fourth-order valence-electron chi connectivity index (χ4n) is 3.43. The number of amides is 2. The summed E-state index contributed by atoms with van der Waals surface area (Å²) in [5.74, 6) is 1.43. The first-order valence-electron chi connectivity index (χ1n) is 8.77. The van der Waals surface area contributed by atoms with Crippen molar-refractivity contribution in [2.24, 2.45) is 5.73 Å². The quantitative estimate of drug-likeness (QED) is 0.845. The summed E-state index contributed by atoms with van der Waals surface area (Å²) in [6, 6.07) is 7.56. The molecular weight excluding hydrogens is 332 g/mol. The van der Waals surface area contributed by atoms with Gasteiger partial charge in [0, 0.05) is 31.4 Å². The predicted molar refractivity (Wildman–Crippen MR) is 96.7 cm³/mol. The molecule has 0 radical (unpaired) electrons. The average Bonchev–Trinajstić information content (AvgIpc) is 3.10. The van der Waals surface area contributed by atoms with Crippen molar-refractivity contribution in [2.75, 3.05) is 20.2 Å². The molecule has 138 valence electrons. The van der Waals surface area contributed by atoms with Gasteiger partial charge in [-0.25, -0.2) is 4.98 Å². The number of nitrogens with zero attached hydrogens (tertiary/aromatic N) is 3. The zero-order valence-electron chi connectivity index (χ0n) is 14.9. The van der Waals surface area contributed by atoms with Gasteiger partial charge in [0.05, 0.1) is 13.5 Å². The fourth-order valence-corrected chi connectivity index (χ4v) is 3.43. The first kappa shape index (κ1) is 18.0. The zero-order valence-corrected chi connectivity index (χ0v) is 14.9. The Morgan fingerprint density at radius 1 is 1.31 bits per heavy atom. The van der Waals surface area contributed by atoms with E-state index in [1.54, 1.807) is 24.1 Å². The molecule has 0 aliphatic carbocycles. The van der Waals surface area contributed by atoms with Crippen LogP contribution in [0.3, 0.4) is 0 Å². The van der Waals surface area contributed by atoms with Crippen LogP contribution in [-0.4, -0.2) is 46.5 Å². The number of rotatable bonds is 6. The molecule has 2 N–H and O–H groups in total. The highest BCUT2D eigenvalue weighted by Gasteiger charge is 2.27. The van der Waals surface area contributed by atoms with E-state index in [0.29, 0.717) is 13.0 Å². The first-order valence-corrected chi connectivity index (χ1v) is 8.77. The van der Waals surface area contributed by atoms with E-state index in [2.05, 4.69) is 4.98 Å². The normalized spacial score (nSPS) is 17.1. The number of benzene rings is 1. The molecular formula is C19H24N4O3. The van der Waals surface area contributed by atoms with Crippen molar-refractivity contribution >= 4 is 11.8 Å². The molecule has 2 heterocycles. The third-order valence-corrected chi connectivity index (χ3v) is 4.73. The Morgan fingerprint density at radius 2 is 2.08 bits per heavy atom. The molecule has 7 nitrogen and oxygen atoms in total. The number of primary amides is 1. The Labute approximate surface area is 152 Å². The molecule has 0 saturated carbocycles. The van der Waals surface area contributed by atoms with Gasteiger partial charge in [0.2, 0.25) is 11.8 Å². The molecule has 2 aromatic rings. The number of carbonyl (C=O) groups excluding carboxylic acids is 2. The van der Waals surface area contributed by atoms with Crippen molar-refractivity contribution in [2.45, 2.75) is 31.7 Å². The Bertz CT molecular complexity index is 769. The SMILES string of the molecule is COc1ccc(CC(=O)N2CCCC(c3nccn3CC(N)=O)C2)cc1. The summed E-state index contributed by atoms with van der Waals surface area (Å²) in [5.41, 5.74) is 6.27. The minimum Gasteiger partial charge on any atom is -0.497 e. The first-order chi connectivity index (χ1) is 12.6. The Morgan fingerprint density at radius 3 is 2.77 bits per heavy atom. The van der Waals surface area contributed by atoms with Gasteiger partial charge < -0.3 is 19.9 Å². The van der Waals surface area contributed by atoms with Gasteiger partial charge in [-0.05, 0) is 30.5 Å². The topological polar surface area (TPSA) is 90.4 Å². The maximum atomic E-state index is 12.7. The monoisotopic (exact) mass is 356 g/mol. The van der Waals surface area contributed by atoms with Gasteiger partial charge in [-0.3, -0.25) is 9.59 Å². The van der Waals surface area contributed by atoms with Crippen molar-refractivity contribution < 1.29 is 14.3 Å². The van der Waals surface area contributed by atoms with Gasteiger partial charge in [0.1, 0.15) is 18.1 Å². The number of nitrogens with two attached hydrogens (primary N) is 1. The van der Waals surface area contributed by atoms with Gasteiger partial charge in [-0.1, -0.05) is 12.1 Å². The largest absolute Gasteiger partial charge is 0.497 e. The lowest BCUT2D eigenvalue weighted by molar-refractivity contribution is -0.131. The van der Waals surface area contributed by atoms with Crippen LogP contribution < -0.4 is 10.5 Å². The summed E-state index contributed by atoms with van der Waals surface area (Å²) in [5, 5.41) is 0. The summed E-state index contributed by atoms with van der Waals surface area (Å²) < 4.78 is 6.93. The molecule has 26 heavy (non-hydrogen) atoms. The van der Waals surface area contributed by atoms with Crippen LogP contribution >= 0.6 is 0 Å². The highest BCUT2D eigenvalue weighted by atomic mass is 16.5. The number of hydrogen-bond donors (Lipinski definition) is 1. The van der Waals surface area contributed by atoms with Crippen molar-refractivity contribution in [1.82, 2.24) is 14.5 Å². The van der Waals surface area contributed by atoms with Crippen LogP contribution in [0.2, 0.25) is 0 Å². The summed E-state index contributed by atoms with van der Waals surface area (Å²) in [4.78, 5) is 30.2. The second-order valence-electron chi connectivity index (χ2n) is 6.58. The highest BCUT2D eigenvalue weighted by Crippen LogP contribution is 2.26. The molecule has 0 bridgehead atoms. The van der Waals surface area contributed by atoms with Gasteiger partial charge in [-0.15, -0.1) is 0 Å². The second-order valence-corrected chi connectivity index (χ2v) is 6.58. The molecule has 1 aliphatic heterocycles. The number of imidazole rings is 1. The molecule has 3 rings (SSSR count). The second kappa shape index (κ2) is 8.03. The van der Waals surface area contributed by atoms with Crippen molar-refractivity contribution in [3.05, 3.63) is 48.0 Å². The molecule has 7 heteroatoms. The molecule has 1 atom stereocenters. The Hall–Kier alpha value is -2.83. The minimum atomic E-state index is -0.396. The smallest absolute Gasteiger partial charge is 0.237 e. The van der Waals surface area contributed by atoms with Gasteiger partial charge in [-0.2, -0.15) is 0 Å². The van der Waals surface area contributed by atoms with E-state index < -0.39 is 5.91 Å². The van der Waals surface area contributed by atoms with Gasteiger partial charge in [0.15, 0.2) is 0 Å². The van der Waals surface area contributed by atoms with E-state index in [-0.39, 0.29) is 18.4 Å². The number of likely N-dealkylation sites (tertiary alicyclic amines) is 1. The predicted octanol–water partition coefficient (Wildman–Crippen LogP) is 1.33. The number of ether oxygens (including phenoxy) is 1. The number of hydrogen-bond acceptors (Lipinski definition) is 4. The fraction of sp³-hybridized carbons (Fsp3) is 0.421. The Balaban J connectivity index is 1.65. The van der Waals surface area contributed by atoms with E-state index in [0.717, 1.165) is 36.5 Å². The van der Waals surface area contributed by atoms with Crippen LogP contribution in [0.15, 0.2) is 36.7 Å². The van der Waals surface area contributed by atoms with E-state index in [9.17, 15) is 9.59 Å². The van der Waals surface area contributed by atoms with Crippen molar-refractivity contribution in [1.29, 1.82) is 0 Å². The summed E-state index contributed by atoms with van der Waals surface area (Å²) in [7, 11) is 1.62. The molecule has 1 aromatic heterocycles. The van der Waals surface area contributed by atoms with Crippen molar-refractivity contribution in [3.63, 3.8) is 0 Å². The lowest BCUT2D eigenvalue weighted by atomic mass is 9.96. The maximum absolute atomic E-state index is 12.7. The van der Waals surface area contributed by atoms with E-state index in [1.807, 2.05) is 29.2 Å². The molecule has 1 fully saturated rings. The van der Waals surface area contributed by atoms with Gasteiger partial charge in [0.25, 0.3) is 0 Å². The number of methoxy groups -OCH3 is 1. The van der Waals surface area contributed by atoms with Crippen LogP contribution in [0.4, 0.5) is 0 Å². The van der Waals surface area contributed by atoms with E-state index in [1.165, 1.54) is 0 Å². The molecule has 0 spiro atoms. The third kappa shape index (κ3) is 4.22. The number of carbonyl (C=O) groups is 2. The van der Waals surface area contributed by atoms with Crippen LogP contribution in [0.25, 0.3) is 0 Å². The van der Waals surface area contributed by atoms with E-state index in [4.69, 9.17) is 10.5 Å². The molecule has 1 saturated heterocycles. The molecule has 1 unspecified atom stereocenters. The lowest BCUT2D eigenvalue weighted by Crippen LogP contribution is -2.40. The summed E-state index contributed by atoms with van der Waals surface area (Å²) in [6.45, 7) is 1.48.